The Kier molecular flexibility index (Phi) is 11.7. The fourth-order valence-corrected chi connectivity index (χ4v) is 5.01. The van der Waals surface area contributed by atoms with Crippen molar-refractivity contribution in [1.29, 1.82) is 0 Å². The first-order valence-electron chi connectivity index (χ1n) is 13.4. The van der Waals surface area contributed by atoms with E-state index >= 15 is 0 Å². The van der Waals surface area contributed by atoms with Crippen molar-refractivity contribution in [3.8, 4) is 17.2 Å². The molecular formula is C33H29Cl2N3O6S. The van der Waals surface area contributed by atoms with Gasteiger partial charge >= 0.3 is 0 Å². The first-order valence-corrected chi connectivity index (χ1v) is 15.1. The molecule has 0 aliphatic carbocycles. The highest BCUT2D eigenvalue weighted by Crippen LogP contribution is 2.35. The predicted molar refractivity (Wildman–Crippen MR) is 179 cm³/mol. The molecule has 0 aliphatic heterocycles. The molecule has 9 nitrogen and oxygen atoms in total. The monoisotopic (exact) mass is 665 g/mol. The average Bonchev–Trinajstić information content (AvgIpc) is 3.05. The Morgan fingerprint density at radius 3 is 2.02 bits per heavy atom. The van der Waals surface area contributed by atoms with Crippen LogP contribution in [0.15, 0.2) is 95.5 Å². The number of ether oxygens (including phenoxy) is 3. The molecule has 0 aromatic heterocycles. The van der Waals surface area contributed by atoms with Crippen LogP contribution in [0.1, 0.15) is 15.9 Å². The molecule has 232 valence electrons. The van der Waals surface area contributed by atoms with E-state index in [1.807, 2.05) is 0 Å². The van der Waals surface area contributed by atoms with E-state index < -0.39 is 11.8 Å². The van der Waals surface area contributed by atoms with E-state index in [1.54, 1.807) is 84.9 Å². The average molecular weight is 667 g/mol. The second-order valence-electron chi connectivity index (χ2n) is 9.27. The molecule has 0 spiro atoms. The predicted octanol–water partition coefficient (Wildman–Crippen LogP) is 7.16. The summed E-state index contributed by atoms with van der Waals surface area (Å²) in [6, 6.07) is 23.6. The summed E-state index contributed by atoms with van der Waals surface area (Å²) in [4.78, 5) is 39.8. The van der Waals surface area contributed by atoms with Crippen molar-refractivity contribution in [3.63, 3.8) is 0 Å². The molecule has 0 unspecified atom stereocenters. The molecule has 0 fully saturated rings. The van der Waals surface area contributed by atoms with E-state index in [1.165, 1.54) is 39.2 Å². The molecule has 0 radical (unpaired) electrons. The number of anilines is 2. The second kappa shape index (κ2) is 15.9. The van der Waals surface area contributed by atoms with Crippen molar-refractivity contribution in [2.45, 2.75) is 4.90 Å². The molecule has 0 saturated carbocycles. The quantitative estimate of drug-likeness (QED) is 0.109. The minimum Gasteiger partial charge on any atom is -0.496 e. The van der Waals surface area contributed by atoms with Gasteiger partial charge in [-0.1, -0.05) is 41.4 Å². The smallest absolute Gasteiger partial charge is 0.272 e. The van der Waals surface area contributed by atoms with Gasteiger partial charge in [0.05, 0.1) is 37.1 Å². The molecule has 12 heteroatoms. The van der Waals surface area contributed by atoms with Crippen LogP contribution in [-0.4, -0.2) is 44.8 Å². The first-order chi connectivity index (χ1) is 21.7. The molecule has 0 heterocycles. The molecule has 0 bridgehead atoms. The summed E-state index contributed by atoms with van der Waals surface area (Å²) in [7, 11) is 4.48. The van der Waals surface area contributed by atoms with Crippen LogP contribution in [0.2, 0.25) is 10.0 Å². The number of carbonyl (C=O) groups excluding carboxylic acids is 3. The van der Waals surface area contributed by atoms with Crippen LogP contribution in [0.3, 0.4) is 0 Å². The molecule has 45 heavy (non-hydrogen) atoms. The van der Waals surface area contributed by atoms with Crippen molar-refractivity contribution in [2.75, 3.05) is 37.7 Å². The number of hydrogen-bond acceptors (Lipinski definition) is 7. The first kappa shape index (κ1) is 33.3. The minimum absolute atomic E-state index is 0.0354. The Labute approximate surface area is 274 Å². The zero-order chi connectivity index (χ0) is 32.3. The van der Waals surface area contributed by atoms with Gasteiger partial charge < -0.3 is 30.2 Å². The number of amides is 3. The Bertz CT molecular complexity index is 1720. The Morgan fingerprint density at radius 2 is 1.38 bits per heavy atom. The summed E-state index contributed by atoms with van der Waals surface area (Å²) < 4.78 is 16.3. The summed E-state index contributed by atoms with van der Waals surface area (Å²) in [5.41, 5.74) is 1.83. The van der Waals surface area contributed by atoms with Gasteiger partial charge in [-0.05, 0) is 66.7 Å². The number of rotatable bonds is 12. The van der Waals surface area contributed by atoms with Crippen LogP contribution < -0.4 is 30.2 Å². The Balaban J connectivity index is 1.49. The SMILES string of the molecule is COc1cc(OC)c(OC)cc1/C=C(\NC(=O)c1ccccc1)C(=O)Nc1ccc(SCC(=O)Nc2ccc(Cl)c(Cl)c2)cc1. The highest BCUT2D eigenvalue weighted by atomic mass is 35.5. The lowest BCUT2D eigenvalue weighted by Crippen LogP contribution is -2.30. The highest BCUT2D eigenvalue weighted by molar-refractivity contribution is 8.00. The number of halogens is 2. The number of methoxy groups -OCH3 is 3. The number of carbonyl (C=O) groups is 3. The molecule has 3 N–H and O–H groups in total. The fourth-order valence-electron chi connectivity index (χ4n) is 4.02. The van der Waals surface area contributed by atoms with Crippen molar-refractivity contribution in [2.24, 2.45) is 0 Å². The van der Waals surface area contributed by atoms with E-state index in [0.717, 1.165) is 4.90 Å². The maximum absolute atomic E-state index is 13.5. The highest BCUT2D eigenvalue weighted by Gasteiger charge is 2.18. The topological polar surface area (TPSA) is 115 Å². The van der Waals surface area contributed by atoms with Gasteiger partial charge in [0.1, 0.15) is 11.4 Å². The zero-order valence-electron chi connectivity index (χ0n) is 24.5. The zero-order valence-corrected chi connectivity index (χ0v) is 26.8. The summed E-state index contributed by atoms with van der Waals surface area (Å²) in [6.45, 7) is 0. The molecule has 4 rings (SSSR count). The van der Waals surface area contributed by atoms with E-state index in [-0.39, 0.29) is 17.4 Å². The Hall–Kier alpha value is -4.64. The lowest BCUT2D eigenvalue weighted by Gasteiger charge is -2.15. The fraction of sp³-hybridized carbons (Fsp3) is 0.121. The largest absolute Gasteiger partial charge is 0.496 e. The van der Waals surface area contributed by atoms with Gasteiger partial charge in [-0.3, -0.25) is 14.4 Å². The van der Waals surface area contributed by atoms with E-state index in [4.69, 9.17) is 37.4 Å². The summed E-state index contributed by atoms with van der Waals surface area (Å²) in [5, 5.41) is 9.04. The van der Waals surface area contributed by atoms with Gasteiger partial charge in [0.15, 0.2) is 11.5 Å². The summed E-state index contributed by atoms with van der Waals surface area (Å²) in [5.74, 6) is 0.145. The van der Waals surface area contributed by atoms with E-state index in [0.29, 0.717) is 49.8 Å². The van der Waals surface area contributed by atoms with Crippen LogP contribution in [0.5, 0.6) is 17.2 Å². The molecule has 0 saturated heterocycles. The molecule has 0 atom stereocenters. The van der Waals surface area contributed by atoms with Crippen molar-refractivity contribution < 1.29 is 28.6 Å². The molecule has 4 aromatic rings. The number of hydrogen-bond donors (Lipinski definition) is 3. The van der Waals surface area contributed by atoms with Gasteiger partial charge in [0.25, 0.3) is 11.8 Å². The summed E-state index contributed by atoms with van der Waals surface area (Å²) in [6.07, 6.45) is 1.49. The van der Waals surface area contributed by atoms with Crippen molar-refractivity contribution in [1.82, 2.24) is 5.32 Å². The molecule has 4 aromatic carbocycles. The number of nitrogens with one attached hydrogen (secondary N) is 3. The van der Waals surface area contributed by atoms with Gasteiger partial charge in [-0.15, -0.1) is 11.8 Å². The van der Waals surface area contributed by atoms with Gasteiger partial charge in [-0.25, -0.2) is 0 Å². The van der Waals surface area contributed by atoms with E-state index in [9.17, 15) is 14.4 Å². The lowest BCUT2D eigenvalue weighted by molar-refractivity contribution is -0.114. The number of benzene rings is 4. The standard InChI is InChI=1S/C33H29Cl2N3O6S/c1-42-28-18-30(44-3)29(43-2)16-21(28)15-27(38-32(40)20-7-5-4-6-8-20)33(41)37-22-9-12-24(13-10-22)45-19-31(39)36-23-11-14-25(34)26(35)17-23/h4-18H,19H2,1-3H3,(H,36,39)(H,37,41)(H,38,40)/b27-15-. The molecule has 3 amide bonds. The third-order valence-electron chi connectivity index (χ3n) is 6.25. The third-order valence-corrected chi connectivity index (χ3v) is 8.00. The summed E-state index contributed by atoms with van der Waals surface area (Å²) >= 11 is 13.3. The van der Waals surface area contributed by atoms with Gasteiger partial charge in [-0.2, -0.15) is 0 Å². The number of thioether (sulfide) groups is 1. The third kappa shape index (κ3) is 9.18. The molecule has 0 aliphatic rings. The van der Waals surface area contributed by atoms with Crippen molar-refractivity contribution >= 4 is 70.1 Å². The van der Waals surface area contributed by atoms with Gasteiger partial charge in [0.2, 0.25) is 5.91 Å². The van der Waals surface area contributed by atoms with Crippen LogP contribution in [0, 0.1) is 0 Å². The Morgan fingerprint density at radius 1 is 0.733 bits per heavy atom. The van der Waals surface area contributed by atoms with E-state index in [2.05, 4.69) is 16.0 Å². The van der Waals surface area contributed by atoms with Crippen LogP contribution >= 0.6 is 35.0 Å². The van der Waals surface area contributed by atoms with Crippen molar-refractivity contribution in [3.05, 3.63) is 112 Å². The lowest BCUT2D eigenvalue weighted by atomic mass is 10.1. The second-order valence-corrected chi connectivity index (χ2v) is 11.1. The normalized spacial score (nSPS) is 10.9. The van der Waals surface area contributed by atoms with Crippen LogP contribution in [0.25, 0.3) is 6.08 Å². The maximum atomic E-state index is 13.5. The molecular weight excluding hydrogens is 637 g/mol. The maximum Gasteiger partial charge on any atom is 0.272 e. The van der Waals surface area contributed by atoms with Crippen LogP contribution in [0.4, 0.5) is 11.4 Å². The minimum atomic E-state index is -0.572. The van der Waals surface area contributed by atoms with Gasteiger partial charge in [0, 0.05) is 33.5 Å². The van der Waals surface area contributed by atoms with Crippen LogP contribution in [-0.2, 0) is 9.59 Å².